The zero-order valence-electron chi connectivity index (χ0n) is 17.7. The Balaban J connectivity index is 1.74. The van der Waals surface area contributed by atoms with Gasteiger partial charge in [-0.1, -0.05) is 24.3 Å². The van der Waals surface area contributed by atoms with Gasteiger partial charge in [0.2, 0.25) is 0 Å². The van der Waals surface area contributed by atoms with Gasteiger partial charge in [0.25, 0.3) is 0 Å². The quantitative estimate of drug-likeness (QED) is 0.456. The molecule has 1 heterocycles. The molecule has 0 radical (unpaired) electrons. The summed E-state index contributed by atoms with van der Waals surface area (Å²) in [7, 11) is 1.70. The van der Waals surface area contributed by atoms with Crippen LogP contribution in [0.3, 0.4) is 0 Å². The van der Waals surface area contributed by atoms with Crippen LogP contribution in [0.2, 0.25) is 0 Å². The van der Waals surface area contributed by atoms with E-state index in [9.17, 15) is 9.50 Å². The van der Waals surface area contributed by atoms with Crippen LogP contribution in [0.25, 0.3) is 0 Å². The van der Waals surface area contributed by atoms with Crippen LogP contribution in [-0.4, -0.2) is 49.3 Å². The summed E-state index contributed by atoms with van der Waals surface area (Å²) in [4.78, 5) is 7.06. The van der Waals surface area contributed by atoms with Crippen LogP contribution in [0.5, 0.6) is 11.5 Å². The number of ether oxygens (including phenoxy) is 1. The fourth-order valence-corrected chi connectivity index (χ4v) is 3.78. The minimum absolute atomic E-state index is 0.165. The molecular weight excluding hydrogens is 383 g/mol. The van der Waals surface area contributed by atoms with Gasteiger partial charge in [0.1, 0.15) is 5.75 Å². The summed E-state index contributed by atoms with van der Waals surface area (Å²) in [5, 5.41) is 16.0. The highest BCUT2D eigenvalue weighted by Crippen LogP contribution is 2.31. The van der Waals surface area contributed by atoms with Crippen molar-refractivity contribution >= 4 is 5.96 Å². The molecule has 0 amide bonds. The van der Waals surface area contributed by atoms with Crippen LogP contribution in [0.15, 0.2) is 47.5 Å². The number of benzene rings is 2. The molecule has 1 aliphatic rings. The van der Waals surface area contributed by atoms with Gasteiger partial charge in [-0.05, 0) is 56.6 Å². The Labute approximate surface area is 177 Å². The monoisotopic (exact) mass is 414 g/mol. The highest BCUT2D eigenvalue weighted by Gasteiger charge is 2.26. The molecule has 0 aromatic heterocycles. The van der Waals surface area contributed by atoms with Crippen LogP contribution < -0.4 is 15.4 Å². The molecule has 0 spiro atoms. The summed E-state index contributed by atoms with van der Waals surface area (Å²) >= 11 is 0. The van der Waals surface area contributed by atoms with Gasteiger partial charge in [-0.3, -0.25) is 4.90 Å². The molecule has 30 heavy (non-hydrogen) atoms. The van der Waals surface area contributed by atoms with Crippen molar-refractivity contribution in [3.8, 4) is 11.5 Å². The van der Waals surface area contributed by atoms with Crippen molar-refractivity contribution in [1.29, 1.82) is 0 Å². The molecule has 3 rings (SSSR count). The number of para-hydroxylation sites is 1. The van der Waals surface area contributed by atoms with Gasteiger partial charge in [-0.25, -0.2) is 9.38 Å². The minimum Gasteiger partial charge on any atom is -0.505 e. The van der Waals surface area contributed by atoms with Crippen LogP contribution in [0, 0.1) is 5.82 Å². The molecule has 162 valence electrons. The normalized spacial score (nSPS) is 15.8. The average molecular weight is 415 g/mol. The van der Waals surface area contributed by atoms with E-state index in [2.05, 4.69) is 26.6 Å². The maximum Gasteiger partial charge on any atom is 0.191 e. The summed E-state index contributed by atoms with van der Waals surface area (Å²) in [5.74, 6) is 0.576. The van der Waals surface area contributed by atoms with E-state index in [1.807, 2.05) is 25.1 Å². The first kappa shape index (κ1) is 21.9. The number of aliphatic imine (C=N–C) groups is 1. The van der Waals surface area contributed by atoms with Crippen molar-refractivity contribution in [3.63, 3.8) is 0 Å². The van der Waals surface area contributed by atoms with E-state index in [0.29, 0.717) is 24.6 Å². The zero-order chi connectivity index (χ0) is 21.3. The molecule has 1 fully saturated rings. The molecule has 6 nitrogen and oxygen atoms in total. The van der Waals surface area contributed by atoms with Gasteiger partial charge in [0.15, 0.2) is 17.5 Å². The van der Waals surface area contributed by atoms with Gasteiger partial charge in [-0.2, -0.15) is 0 Å². The van der Waals surface area contributed by atoms with Crippen LogP contribution in [-0.2, 0) is 6.54 Å². The van der Waals surface area contributed by atoms with E-state index < -0.39 is 5.82 Å². The number of nitrogens with one attached hydrogen (secondary N) is 2. The molecular formula is C23H31FN4O2. The second-order valence-corrected chi connectivity index (χ2v) is 7.36. The Kier molecular flexibility index (Phi) is 7.90. The van der Waals surface area contributed by atoms with E-state index in [1.165, 1.54) is 25.0 Å². The largest absolute Gasteiger partial charge is 0.505 e. The molecule has 2 aromatic carbocycles. The fourth-order valence-electron chi connectivity index (χ4n) is 3.78. The van der Waals surface area contributed by atoms with Gasteiger partial charge in [0, 0.05) is 18.7 Å². The Morgan fingerprint density at radius 2 is 1.97 bits per heavy atom. The number of hydrogen-bond donors (Lipinski definition) is 3. The molecule has 2 aromatic rings. The third kappa shape index (κ3) is 5.63. The van der Waals surface area contributed by atoms with Crippen molar-refractivity contribution in [2.75, 3.05) is 33.3 Å². The lowest BCUT2D eigenvalue weighted by atomic mass is 10.0. The smallest absolute Gasteiger partial charge is 0.191 e. The summed E-state index contributed by atoms with van der Waals surface area (Å²) in [5.41, 5.74) is 1.86. The Bertz CT molecular complexity index is 853. The van der Waals surface area contributed by atoms with Crippen molar-refractivity contribution < 1.29 is 14.2 Å². The first-order valence-corrected chi connectivity index (χ1v) is 10.5. The van der Waals surface area contributed by atoms with E-state index in [1.54, 1.807) is 13.2 Å². The van der Waals surface area contributed by atoms with Crippen molar-refractivity contribution in [2.45, 2.75) is 32.4 Å². The zero-order valence-corrected chi connectivity index (χ0v) is 17.7. The average Bonchev–Trinajstić information content (AvgIpc) is 3.29. The number of nitrogens with zero attached hydrogens (tertiary/aromatic N) is 2. The maximum absolute atomic E-state index is 13.6. The van der Waals surface area contributed by atoms with Gasteiger partial charge in [-0.15, -0.1) is 0 Å². The van der Waals surface area contributed by atoms with Gasteiger partial charge < -0.3 is 20.5 Å². The molecule has 1 saturated heterocycles. The molecule has 1 aliphatic heterocycles. The molecule has 7 heteroatoms. The SMILES string of the molecule is CCNC(=NCc1ccc(O)c(F)c1)NCC(c1ccccc1OC)N1CCCC1. The van der Waals surface area contributed by atoms with E-state index in [0.717, 1.165) is 30.9 Å². The number of hydrogen-bond acceptors (Lipinski definition) is 4. The maximum atomic E-state index is 13.6. The first-order chi connectivity index (χ1) is 14.6. The van der Waals surface area contributed by atoms with E-state index in [-0.39, 0.29) is 11.8 Å². The summed E-state index contributed by atoms with van der Waals surface area (Å²) in [6.45, 7) is 5.84. The third-order valence-electron chi connectivity index (χ3n) is 5.32. The number of phenols is 1. The Morgan fingerprint density at radius 1 is 1.20 bits per heavy atom. The predicted octanol–water partition coefficient (Wildman–Crippen LogP) is 3.43. The standard InChI is InChI=1S/C23H31FN4O2/c1-3-25-23(26-15-17-10-11-21(29)19(24)14-17)27-16-20(28-12-6-7-13-28)18-8-4-5-9-22(18)30-2/h4-5,8-11,14,20,29H,3,6-7,12-13,15-16H2,1-2H3,(H2,25,26,27). The van der Waals surface area contributed by atoms with Gasteiger partial charge >= 0.3 is 0 Å². The molecule has 0 bridgehead atoms. The number of halogens is 1. The highest BCUT2D eigenvalue weighted by molar-refractivity contribution is 5.79. The number of likely N-dealkylation sites (tertiary alicyclic amines) is 1. The lowest BCUT2D eigenvalue weighted by molar-refractivity contribution is 0.239. The molecule has 1 unspecified atom stereocenters. The summed E-state index contributed by atoms with van der Waals surface area (Å²) < 4.78 is 19.2. The van der Waals surface area contributed by atoms with Gasteiger partial charge in [0.05, 0.1) is 19.7 Å². The second-order valence-electron chi connectivity index (χ2n) is 7.36. The molecule has 3 N–H and O–H groups in total. The van der Waals surface area contributed by atoms with Crippen molar-refractivity contribution in [2.24, 2.45) is 4.99 Å². The Morgan fingerprint density at radius 3 is 2.67 bits per heavy atom. The number of rotatable bonds is 8. The number of methoxy groups -OCH3 is 1. The molecule has 1 atom stereocenters. The van der Waals surface area contributed by atoms with Crippen LogP contribution >= 0.6 is 0 Å². The summed E-state index contributed by atoms with van der Waals surface area (Å²) in [6.07, 6.45) is 2.40. The second kappa shape index (κ2) is 10.8. The topological polar surface area (TPSA) is 69.1 Å². The van der Waals surface area contributed by atoms with E-state index in [4.69, 9.17) is 4.74 Å². The Hall–Kier alpha value is -2.80. The van der Waals surface area contributed by atoms with Crippen molar-refractivity contribution in [3.05, 3.63) is 59.4 Å². The summed E-state index contributed by atoms with van der Waals surface area (Å²) in [6, 6.07) is 12.6. The lowest BCUT2D eigenvalue weighted by Gasteiger charge is -2.30. The highest BCUT2D eigenvalue weighted by atomic mass is 19.1. The predicted molar refractivity (Wildman–Crippen MR) is 117 cm³/mol. The number of guanidine groups is 1. The van der Waals surface area contributed by atoms with Crippen LogP contribution in [0.1, 0.15) is 36.9 Å². The minimum atomic E-state index is -0.633. The number of phenolic OH excluding ortho intramolecular Hbond substituents is 1. The fraction of sp³-hybridized carbons (Fsp3) is 0.435. The third-order valence-corrected chi connectivity index (χ3v) is 5.32. The lowest BCUT2D eigenvalue weighted by Crippen LogP contribution is -2.42. The van der Waals surface area contributed by atoms with E-state index >= 15 is 0 Å². The van der Waals surface area contributed by atoms with Crippen LogP contribution in [0.4, 0.5) is 4.39 Å². The molecule has 0 saturated carbocycles. The first-order valence-electron chi connectivity index (χ1n) is 10.5. The van der Waals surface area contributed by atoms with Crippen molar-refractivity contribution in [1.82, 2.24) is 15.5 Å². The molecule has 0 aliphatic carbocycles. The number of aromatic hydroxyl groups is 1.